The molecule has 0 saturated carbocycles. The van der Waals surface area contributed by atoms with Crippen LogP contribution in [0.2, 0.25) is 0 Å². The Morgan fingerprint density at radius 3 is 2.94 bits per heavy atom. The van der Waals surface area contributed by atoms with Crippen molar-refractivity contribution in [2.24, 2.45) is 0 Å². The number of rotatable bonds is 5. The fraction of sp³-hybridized carbons (Fsp3) is 0.364. The maximum absolute atomic E-state index is 12.8. The van der Waals surface area contributed by atoms with E-state index in [9.17, 15) is 9.18 Å². The van der Waals surface area contributed by atoms with Crippen LogP contribution in [0.15, 0.2) is 22.7 Å². The Hall–Kier alpha value is -0.550. The molecule has 0 bridgehead atoms. The third-order valence-electron chi connectivity index (χ3n) is 1.79. The van der Waals surface area contributed by atoms with Crippen LogP contribution in [0.4, 0.5) is 10.1 Å². The number of anilines is 1. The highest BCUT2D eigenvalue weighted by Crippen LogP contribution is 2.23. The average molecular weight is 306 g/mol. The van der Waals surface area contributed by atoms with Crippen LogP contribution in [0, 0.1) is 5.82 Å². The number of halogens is 2. The molecule has 0 aliphatic heterocycles. The smallest absolute Gasteiger partial charge is 0.234 e. The molecule has 0 saturated heterocycles. The molecule has 1 rings (SSSR count). The second kappa shape index (κ2) is 6.91. The van der Waals surface area contributed by atoms with E-state index in [1.807, 2.05) is 0 Å². The number of nitrogens with one attached hydrogen (secondary N) is 1. The number of hydrogen-bond acceptors (Lipinski definition) is 2. The molecule has 0 spiro atoms. The Kier molecular flexibility index (Phi) is 5.84. The molecule has 1 aromatic rings. The van der Waals surface area contributed by atoms with E-state index in [1.54, 1.807) is 17.8 Å². The van der Waals surface area contributed by atoms with Crippen LogP contribution >= 0.6 is 27.7 Å². The van der Waals surface area contributed by atoms with Gasteiger partial charge in [0.2, 0.25) is 5.91 Å². The van der Waals surface area contributed by atoms with Crippen LogP contribution in [0.1, 0.15) is 13.3 Å². The molecule has 1 amide bonds. The number of hydrogen-bond donors (Lipinski definition) is 1. The predicted molar refractivity (Wildman–Crippen MR) is 70.3 cm³/mol. The first-order valence-electron chi connectivity index (χ1n) is 4.96. The molecule has 1 N–H and O–H groups in total. The lowest BCUT2D eigenvalue weighted by Gasteiger charge is -2.06. The lowest BCUT2D eigenvalue weighted by Crippen LogP contribution is -2.14. The zero-order valence-corrected chi connectivity index (χ0v) is 11.3. The van der Waals surface area contributed by atoms with E-state index in [-0.39, 0.29) is 11.7 Å². The quantitative estimate of drug-likeness (QED) is 0.841. The first-order chi connectivity index (χ1) is 7.63. The molecule has 0 aliphatic rings. The standard InChI is InChI=1S/C11H13BrFNOS/c1-2-5-16-7-11(15)14-10-4-3-8(13)6-9(10)12/h3-4,6H,2,5,7H2,1H3,(H,14,15). The average Bonchev–Trinajstić information content (AvgIpc) is 2.23. The predicted octanol–water partition coefficient (Wildman–Crippen LogP) is 3.67. The molecule has 0 heterocycles. The molecule has 16 heavy (non-hydrogen) atoms. The summed E-state index contributed by atoms with van der Waals surface area (Å²) in [5, 5.41) is 2.72. The monoisotopic (exact) mass is 305 g/mol. The topological polar surface area (TPSA) is 29.1 Å². The molecule has 0 aromatic heterocycles. The van der Waals surface area contributed by atoms with Gasteiger partial charge in [-0.2, -0.15) is 11.8 Å². The van der Waals surface area contributed by atoms with E-state index in [0.29, 0.717) is 15.9 Å². The van der Waals surface area contributed by atoms with Crippen LogP contribution in [-0.2, 0) is 4.79 Å². The fourth-order valence-corrected chi connectivity index (χ4v) is 2.23. The molecular weight excluding hydrogens is 293 g/mol. The van der Waals surface area contributed by atoms with Crippen molar-refractivity contribution in [1.82, 2.24) is 0 Å². The SMILES string of the molecule is CCCSCC(=O)Nc1ccc(F)cc1Br. The van der Waals surface area contributed by atoms with Crippen molar-refractivity contribution in [2.45, 2.75) is 13.3 Å². The van der Waals surface area contributed by atoms with Crippen molar-refractivity contribution in [1.29, 1.82) is 0 Å². The number of amides is 1. The van der Waals surface area contributed by atoms with E-state index >= 15 is 0 Å². The minimum absolute atomic E-state index is 0.0641. The van der Waals surface area contributed by atoms with Gasteiger partial charge in [0.1, 0.15) is 5.82 Å². The van der Waals surface area contributed by atoms with Crippen molar-refractivity contribution in [3.8, 4) is 0 Å². The van der Waals surface area contributed by atoms with E-state index in [2.05, 4.69) is 28.2 Å². The highest BCUT2D eigenvalue weighted by Gasteiger charge is 2.06. The fourth-order valence-electron chi connectivity index (χ4n) is 1.09. The van der Waals surface area contributed by atoms with Gasteiger partial charge >= 0.3 is 0 Å². The summed E-state index contributed by atoms with van der Waals surface area (Å²) >= 11 is 4.78. The first-order valence-corrected chi connectivity index (χ1v) is 6.91. The lowest BCUT2D eigenvalue weighted by atomic mass is 10.3. The van der Waals surface area contributed by atoms with Crippen molar-refractivity contribution in [3.63, 3.8) is 0 Å². The van der Waals surface area contributed by atoms with E-state index < -0.39 is 0 Å². The maximum Gasteiger partial charge on any atom is 0.234 e. The molecule has 0 aliphatic carbocycles. The minimum Gasteiger partial charge on any atom is -0.324 e. The Labute approximate surface area is 107 Å². The zero-order valence-electron chi connectivity index (χ0n) is 8.93. The molecule has 0 radical (unpaired) electrons. The van der Waals surface area contributed by atoms with Crippen LogP contribution in [0.3, 0.4) is 0 Å². The number of thioether (sulfide) groups is 1. The van der Waals surface area contributed by atoms with Gasteiger partial charge in [-0.3, -0.25) is 4.79 Å². The summed E-state index contributed by atoms with van der Waals surface area (Å²) < 4.78 is 13.3. The van der Waals surface area contributed by atoms with E-state index in [4.69, 9.17) is 0 Å². The Morgan fingerprint density at radius 1 is 1.56 bits per heavy atom. The molecule has 0 fully saturated rings. The summed E-state index contributed by atoms with van der Waals surface area (Å²) in [5.74, 6) is 1.01. The molecular formula is C11H13BrFNOS. The molecule has 88 valence electrons. The Balaban J connectivity index is 2.49. The van der Waals surface area contributed by atoms with Gasteiger partial charge in [-0.25, -0.2) is 4.39 Å². The maximum atomic E-state index is 12.8. The molecule has 0 atom stereocenters. The summed E-state index contributed by atoms with van der Waals surface area (Å²) in [6.45, 7) is 2.07. The van der Waals surface area contributed by atoms with Crippen LogP contribution < -0.4 is 5.32 Å². The van der Waals surface area contributed by atoms with Gasteiger partial charge in [0.15, 0.2) is 0 Å². The number of carbonyl (C=O) groups excluding carboxylic acids is 1. The summed E-state index contributed by atoms with van der Waals surface area (Å²) in [6.07, 6.45) is 1.05. The Morgan fingerprint density at radius 2 is 2.31 bits per heavy atom. The van der Waals surface area contributed by atoms with Gasteiger partial charge in [-0.15, -0.1) is 0 Å². The Bertz CT molecular complexity index is 373. The largest absolute Gasteiger partial charge is 0.324 e. The second-order valence-corrected chi connectivity index (χ2v) is 5.18. The zero-order chi connectivity index (χ0) is 12.0. The number of benzene rings is 1. The second-order valence-electron chi connectivity index (χ2n) is 3.22. The normalized spacial score (nSPS) is 10.2. The van der Waals surface area contributed by atoms with Crippen molar-refractivity contribution < 1.29 is 9.18 Å². The lowest BCUT2D eigenvalue weighted by molar-refractivity contribution is -0.113. The first kappa shape index (κ1) is 13.5. The molecule has 1 aromatic carbocycles. The number of carbonyl (C=O) groups is 1. The van der Waals surface area contributed by atoms with Crippen LogP contribution in [0.5, 0.6) is 0 Å². The summed E-state index contributed by atoms with van der Waals surface area (Å²) in [4.78, 5) is 11.5. The van der Waals surface area contributed by atoms with Crippen molar-refractivity contribution in [2.75, 3.05) is 16.8 Å². The van der Waals surface area contributed by atoms with Gasteiger partial charge in [-0.05, 0) is 46.3 Å². The molecule has 2 nitrogen and oxygen atoms in total. The van der Waals surface area contributed by atoms with E-state index in [0.717, 1.165) is 12.2 Å². The third kappa shape index (κ3) is 4.53. The summed E-state index contributed by atoms with van der Waals surface area (Å²) in [6, 6.07) is 4.19. The summed E-state index contributed by atoms with van der Waals surface area (Å²) in [5.41, 5.74) is 0.600. The van der Waals surface area contributed by atoms with Gasteiger partial charge in [0, 0.05) is 4.47 Å². The van der Waals surface area contributed by atoms with Crippen molar-refractivity contribution >= 4 is 39.3 Å². The molecule has 5 heteroatoms. The van der Waals surface area contributed by atoms with Crippen molar-refractivity contribution in [3.05, 3.63) is 28.5 Å². The van der Waals surface area contributed by atoms with Gasteiger partial charge < -0.3 is 5.32 Å². The van der Waals surface area contributed by atoms with Gasteiger partial charge in [0.05, 0.1) is 11.4 Å². The van der Waals surface area contributed by atoms with Crippen LogP contribution in [-0.4, -0.2) is 17.4 Å². The van der Waals surface area contributed by atoms with E-state index in [1.165, 1.54) is 12.1 Å². The highest BCUT2D eigenvalue weighted by atomic mass is 79.9. The third-order valence-corrected chi connectivity index (χ3v) is 3.61. The van der Waals surface area contributed by atoms with Gasteiger partial charge in [0.25, 0.3) is 0 Å². The van der Waals surface area contributed by atoms with Gasteiger partial charge in [-0.1, -0.05) is 6.92 Å². The summed E-state index contributed by atoms with van der Waals surface area (Å²) in [7, 11) is 0. The molecule has 0 unspecified atom stereocenters. The highest BCUT2D eigenvalue weighted by molar-refractivity contribution is 9.10. The minimum atomic E-state index is -0.328. The van der Waals surface area contributed by atoms with Crippen LogP contribution in [0.25, 0.3) is 0 Å².